The summed E-state index contributed by atoms with van der Waals surface area (Å²) in [7, 11) is 1.93. The topological polar surface area (TPSA) is 42.7 Å². The molecule has 3 aromatic rings. The van der Waals surface area contributed by atoms with Crippen LogP contribution in [0.5, 0.6) is 0 Å². The summed E-state index contributed by atoms with van der Waals surface area (Å²) in [6, 6.07) is 10.3. The van der Waals surface area contributed by atoms with E-state index in [4.69, 9.17) is 0 Å². The van der Waals surface area contributed by atoms with Gasteiger partial charge in [-0.05, 0) is 23.4 Å². The molecule has 0 aliphatic heterocycles. The molecule has 0 bridgehead atoms. The Balaban J connectivity index is 1.71. The largest absolute Gasteiger partial charge is 0.369 e. The Morgan fingerprint density at radius 2 is 2.11 bits per heavy atom. The summed E-state index contributed by atoms with van der Waals surface area (Å²) >= 11 is 0. The van der Waals surface area contributed by atoms with Crippen molar-refractivity contribution in [3.05, 3.63) is 54.5 Å². The quantitative estimate of drug-likeness (QED) is 0.776. The summed E-state index contributed by atoms with van der Waals surface area (Å²) in [5.74, 6) is 0.946. The number of nitrogens with zero attached hydrogens (tertiary/aromatic N) is 3. The van der Waals surface area contributed by atoms with Crippen LogP contribution >= 0.6 is 0 Å². The Morgan fingerprint density at radius 1 is 1.21 bits per heavy atom. The van der Waals surface area contributed by atoms with Crippen molar-refractivity contribution < 1.29 is 0 Å². The highest BCUT2D eigenvalue weighted by atomic mass is 15.2. The van der Waals surface area contributed by atoms with Gasteiger partial charge in [-0.15, -0.1) is 0 Å². The van der Waals surface area contributed by atoms with E-state index in [0.29, 0.717) is 0 Å². The highest BCUT2D eigenvalue weighted by Gasteiger charge is 2.01. The number of aryl methyl sites for hydroxylation is 1. The lowest BCUT2D eigenvalue weighted by Gasteiger charge is -2.07. The van der Waals surface area contributed by atoms with Crippen molar-refractivity contribution in [2.75, 3.05) is 11.9 Å². The fourth-order valence-electron chi connectivity index (χ4n) is 2.19. The van der Waals surface area contributed by atoms with E-state index in [0.717, 1.165) is 24.2 Å². The SMILES string of the molecule is Cn1cc(CCNc2nccc3ccccc23)cn1. The van der Waals surface area contributed by atoms with E-state index >= 15 is 0 Å². The molecular weight excluding hydrogens is 236 g/mol. The number of anilines is 1. The van der Waals surface area contributed by atoms with Crippen LogP contribution in [0.25, 0.3) is 10.8 Å². The van der Waals surface area contributed by atoms with E-state index in [2.05, 4.69) is 27.5 Å². The summed E-state index contributed by atoms with van der Waals surface area (Å²) in [5.41, 5.74) is 1.23. The fraction of sp³-hybridized carbons (Fsp3) is 0.200. The molecule has 96 valence electrons. The minimum absolute atomic E-state index is 0.854. The normalized spacial score (nSPS) is 10.8. The van der Waals surface area contributed by atoms with Gasteiger partial charge in [0.15, 0.2) is 0 Å². The number of fused-ring (bicyclic) bond motifs is 1. The molecule has 0 fully saturated rings. The molecule has 0 unspecified atom stereocenters. The van der Waals surface area contributed by atoms with Crippen LogP contribution in [-0.2, 0) is 13.5 Å². The molecule has 4 nitrogen and oxygen atoms in total. The monoisotopic (exact) mass is 252 g/mol. The van der Waals surface area contributed by atoms with Gasteiger partial charge in [0.1, 0.15) is 5.82 Å². The number of rotatable bonds is 4. The lowest BCUT2D eigenvalue weighted by Crippen LogP contribution is -2.06. The molecule has 0 amide bonds. The molecule has 4 heteroatoms. The van der Waals surface area contributed by atoms with Crippen LogP contribution in [0.2, 0.25) is 0 Å². The van der Waals surface area contributed by atoms with Gasteiger partial charge in [-0.2, -0.15) is 5.10 Å². The molecule has 0 aliphatic carbocycles. The van der Waals surface area contributed by atoms with Gasteiger partial charge < -0.3 is 5.32 Å². The Kier molecular flexibility index (Phi) is 3.14. The third-order valence-electron chi connectivity index (χ3n) is 3.14. The summed E-state index contributed by atoms with van der Waals surface area (Å²) in [4.78, 5) is 4.41. The Labute approximate surface area is 112 Å². The van der Waals surface area contributed by atoms with Gasteiger partial charge >= 0.3 is 0 Å². The van der Waals surface area contributed by atoms with E-state index in [1.54, 1.807) is 0 Å². The second kappa shape index (κ2) is 5.10. The molecule has 3 rings (SSSR count). The molecule has 2 heterocycles. The van der Waals surface area contributed by atoms with Gasteiger partial charge in [-0.25, -0.2) is 4.98 Å². The maximum absolute atomic E-state index is 4.41. The Bertz CT molecular complexity index is 682. The van der Waals surface area contributed by atoms with Gasteiger partial charge in [0.05, 0.1) is 6.20 Å². The first-order valence-electron chi connectivity index (χ1n) is 6.38. The van der Waals surface area contributed by atoms with E-state index < -0.39 is 0 Å². The van der Waals surface area contributed by atoms with Crippen LogP contribution in [0.15, 0.2) is 48.9 Å². The van der Waals surface area contributed by atoms with Crippen molar-refractivity contribution in [1.29, 1.82) is 0 Å². The molecule has 19 heavy (non-hydrogen) atoms. The van der Waals surface area contributed by atoms with E-state index in [1.807, 2.05) is 48.5 Å². The molecule has 2 aromatic heterocycles. The highest BCUT2D eigenvalue weighted by Crippen LogP contribution is 2.20. The molecule has 0 saturated heterocycles. The zero-order valence-electron chi connectivity index (χ0n) is 10.9. The number of hydrogen-bond acceptors (Lipinski definition) is 3. The second-order valence-electron chi connectivity index (χ2n) is 4.58. The maximum Gasteiger partial charge on any atom is 0.133 e. The van der Waals surface area contributed by atoms with Crippen LogP contribution in [-0.4, -0.2) is 21.3 Å². The molecule has 0 radical (unpaired) electrons. The van der Waals surface area contributed by atoms with Crippen molar-refractivity contribution in [2.45, 2.75) is 6.42 Å². The molecule has 1 aromatic carbocycles. The molecular formula is C15H16N4. The van der Waals surface area contributed by atoms with Crippen molar-refractivity contribution in [3.8, 4) is 0 Å². The lowest BCUT2D eigenvalue weighted by atomic mass is 10.1. The van der Waals surface area contributed by atoms with Gasteiger partial charge in [0.25, 0.3) is 0 Å². The molecule has 0 saturated carbocycles. The summed E-state index contributed by atoms with van der Waals surface area (Å²) in [6.45, 7) is 0.854. The first-order valence-corrected chi connectivity index (χ1v) is 6.38. The standard InChI is InChI=1S/C15H16N4/c1-19-11-12(10-18-19)6-8-16-15-14-5-3-2-4-13(14)7-9-17-15/h2-5,7,9-11H,6,8H2,1H3,(H,16,17). The van der Waals surface area contributed by atoms with E-state index in [-0.39, 0.29) is 0 Å². The van der Waals surface area contributed by atoms with E-state index in [1.165, 1.54) is 10.9 Å². The minimum Gasteiger partial charge on any atom is -0.369 e. The molecule has 1 N–H and O–H groups in total. The van der Waals surface area contributed by atoms with Crippen LogP contribution in [0.3, 0.4) is 0 Å². The Hall–Kier alpha value is -2.36. The average Bonchev–Trinajstić information content (AvgIpc) is 2.85. The van der Waals surface area contributed by atoms with Gasteiger partial charge in [-0.1, -0.05) is 24.3 Å². The fourth-order valence-corrected chi connectivity index (χ4v) is 2.19. The first kappa shape index (κ1) is 11.7. The number of aromatic nitrogens is 3. The predicted octanol–water partition coefficient (Wildman–Crippen LogP) is 2.62. The molecule has 0 atom stereocenters. The summed E-state index contributed by atoms with van der Waals surface area (Å²) in [6.07, 6.45) is 6.73. The lowest BCUT2D eigenvalue weighted by molar-refractivity contribution is 0.767. The third-order valence-corrected chi connectivity index (χ3v) is 3.14. The second-order valence-corrected chi connectivity index (χ2v) is 4.58. The number of pyridine rings is 1. The van der Waals surface area contributed by atoms with Gasteiger partial charge in [0, 0.05) is 31.4 Å². The molecule has 0 spiro atoms. The zero-order chi connectivity index (χ0) is 13.1. The Morgan fingerprint density at radius 3 is 2.95 bits per heavy atom. The predicted molar refractivity (Wildman–Crippen MR) is 77.1 cm³/mol. The van der Waals surface area contributed by atoms with Crippen molar-refractivity contribution in [2.24, 2.45) is 7.05 Å². The van der Waals surface area contributed by atoms with Gasteiger partial charge in [-0.3, -0.25) is 4.68 Å². The van der Waals surface area contributed by atoms with Crippen LogP contribution in [0.4, 0.5) is 5.82 Å². The van der Waals surface area contributed by atoms with Crippen molar-refractivity contribution >= 4 is 16.6 Å². The maximum atomic E-state index is 4.41. The smallest absolute Gasteiger partial charge is 0.133 e. The van der Waals surface area contributed by atoms with E-state index in [9.17, 15) is 0 Å². The first-order chi connectivity index (χ1) is 9.33. The minimum atomic E-state index is 0.854. The van der Waals surface area contributed by atoms with Crippen LogP contribution < -0.4 is 5.32 Å². The summed E-state index contributed by atoms with van der Waals surface area (Å²) in [5, 5.41) is 9.94. The van der Waals surface area contributed by atoms with Crippen LogP contribution in [0, 0.1) is 0 Å². The summed E-state index contributed by atoms with van der Waals surface area (Å²) < 4.78 is 1.82. The van der Waals surface area contributed by atoms with Gasteiger partial charge in [0.2, 0.25) is 0 Å². The van der Waals surface area contributed by atoms with Crippen LogP contribution in [0.1, 0.15) is 5.56 Å². The number of benzene rings is 1. The van der Waals surface area contributed by atoms with Crippen molar-refractivity contribution in [1.82, 2.24) is 14.8 Å². The zero-order valence-corrected chi connectivity index (χ0v) is 10.9. The highest BCUT2D eigenvalue weighted by molar-refractivity contribution is 5.91. The average molecular weight is 252 g/mol. The third kappa shape index (κ3) is 2.57. The molecule has 0 aliphatic rings. The number of nitrogens with one attached hydrogen (secondary N) is 1. The number of hydrogen-bond donors (Lipinski definition) is 1. The van der Waals surface area contributed by atoms with Crippen molar-refractivity contribution in [3.63, 3.8) is 0 Å².